The lowest BCUT2D eigenvalue weighted by atomic mass is 10.3. The highest BCUT2D eigenvalue weighted by molar-refractivity contribution is 9.10. The number of rotatable bonds is 4. The second-order valence-electron chi connectivity index (χ2n) is 4.66. The van der Waals surface area contributed by atoms with Gasteiger partial charge in [0, 0.05) is 22.8 Å². The van der Waals surface area contributed by atoms with Crippen LogP contribution in [0.1, 0.15) is 41.8 Å². The van der Waals surface area contributed by atoms with Gasteiger partial charge in [-0.2, -0.15) is 0 Å². The van der Waals surface area contributed by atoms with Crippen molar-refractivity contribution in [3.8, 4) is 0 Å². The summed E-state index contributed by atoms with van der Waals surface area (Å²) in [4.78, 5) is 12.2. The minimum Gasteiger partial charge on any atom is -0.361 e. The van der Waals surface area contributed by atoms with Gasteiger partial charge < -0.3 is 14.4 Å². The number of carbonyl (C=O) groups excluding carboxylic acids is 1. The Labute approximate surface area is 120 Å². The van der Waals surface area contributed by atoms with Gasteiger partial charge in [-0.25, -0.2) is 0 Å². The van der Waals surface area contributed by atoms with Crippen molar-refractivity contribution in [3.63, 3.8) is 0 Å². The Hall–Kier alpha value is -1.56. The maximum absolute atomic E-state index is 12.2. The van der Waals surface area contributed by atoms with Gasteiger partial charge in [-0.3, -0.25) is 4.79 Å². The molecular formula is C13H16BrN3O2. The van der Waals surface area contributed by atoms with Crippen LogP contribution in [-0.4, -0.2) is 15.6 Å². The van der Waals surface area contributed by atoms with Gasteiger partial charge >= 0.3 is 0 Å². The van der Waals surface area contributed by atoms with E-state index < -0.39 is 0 Å². The van der Waals surface area contributed by atoms with Crippen LogP contribution in [0.15, 0.2) is 27.3 Å². The Morgan fingerprint density at radius 2 is 2.26 bits per heavy atom. The van der Waals surface area contributed by atoms with E-state index in [0.29, 0.717) is 17.9 Å². The summed E-state index contributed by atoms with van der Waals surface area (Å²) in [6, 6.07) is 3.84. The molecule has 0 aliphatic rings. The molecule has 0 aromatic carbocycles. The van der Waals surface area contributed by atoms with E-state index in [1.165, 1.54) is 0 Å². The zero-order valence-corrected chi connectivity index (χ0v) is 12.7. The minimum absolute atomic E-state index is 0.125. The molecule has 0 unspecified atom stereocenters. The van der Waals surface area contributed by atoms with Crippen molar-refractivity contribution in [2.75, 3.05) is 0 Å². The Morgan fingerprint density at radius 3 is 2.84 bits per heavy atom. The topological polar surface area (TPSA) is 60.1 Å². The first-order valence-corrected chi connectivity index (χ1v) is 6.84. The smallest absolute Gasteiger partial charge is 0.268 e. The second kappa shape index (κ2) is 5.61. The molecule has 1 N–H and O–H groups in total. The van der Waals surface area contributed by atoms with E-state index in [9.17, 15) is 4.79 Å². The first kappa shape index (κ1) is 13.9. The van der Waals surface area contributed by atoms with Crippen molar-refractivity contribution in [1.82, 2.24) is 15.0 Å². The molecule has 0 atom stereocenters. The third-order valence-electron chi connectivity index (χ3n) is 2.71. The number of nitrogens with one attached hydrogen (secondary N) is 1. The molecule has 2 heterocycles. The summed E-state index contributed by atoms with van der Waals surface area (Å²) in [5, 5.41) is 6.67. The number of aryl methyl sites for hydroxylation is 1. The zero-order valence-electron chi connectivity index (χ0n) is 11.1. The van der Waals surface area contributed by atoms with E-state index in [-0.39, 0.29) is 11.9 Å². The van der Waals surface area contributed by atoms with Crippen LogP contribution in [0.3, 0.4) is 0 Å². The molecule has 19 heavy (non-hydrogen) atoms. The van der Waals surface area contributed by atoms with Gasteiger partial charge in [-0.1, -0.05) is 5.16 Å². The van der Waals surface area contributed by atoms with E-state index >= 15 is 0 Å². The molecule has 0 saturated heterocycles. The van der Waals surface area contributed by atoms with E-state index in [1.54, 1.807) is 6.07 Å². The third-order valence-corrected chi connectivity index (χ3v) is 3.14. The summed E-state index contributed by atoms with van der Waals surface area (Å²) >= 11 is 3.39. The van der Waals surface area contributed by atoms with Crippen LogP contribution in [0.5, 0.6) is 0 Å². The average Bonchev–Trinajstić information content (AvgIpc) is 2.92. The highest BCUT2D eigenvalue weighted by atomic mass is 79.9. The van der Waals surface area contributed by atoms with Crippen molar-refractivity contribution in [1.29, 1.82) is 0 Å². The molecule has 6 heteroatoms. The average molecular weight is 326 g/mol. The van der Waals surface area contributed by atoms with Crippen LogP contribution in [-0.2, 0) is 6.54 Å². The third kappa shape index (κ3) is 3.26. The second-order valence-corrected chi connectivity index (χ2v) is 5.57. The van der Waals surface area contributed by atoms with Crippen LogP contribution in [0.2, 0.25) is 0 Å². The van der Waals surface area contributed by atoms with Gasteiger partial charge in [0.1, 0.15) is 17.1 Å². The zero-order chi connectivity index (χ0) is 14.0. The quantitative estimate of drug-likeness (QED) is 0.939. The number of carbonyl (C=O) groups is 1. The first-order chi connectivity index (χ1) is 8.97. The molecular weight excluding hydrogens is 310 g/mol. The fourth-order valence-electron chi connectivity index (χ4n) is 1.82. The Kier molecular flexibility index (Phi) is 4.09. The van der Waals surface area contributed by atoms with Gasteiger partial charge in [0.2, 0.25) is 0 Å². The lowest BCUT2D eigenvalue weighted by molar-refractivity contribution is 0.0939. The Balaban J connectivity index is 2.07. The van der Waals surface area contributed by atoms with E-state index in [4.69, 9.17) is 4.52 Å². The standard InChI is InChI=1S/C13H16BrN3O2/c1-8(2)17-7-10(14)5-12(17)13(18)15-6-11-4-9(3)19-16-11/h4-5,7-8H,6H2,1-3H3,(H,15,18). The molecule has 0 saturated carbocycles. The van der Waals surface area contributed by atoms with Gasteiger partial charge in [0.05, 0.1) is 6.54 Å². The van der Waals surface area contributed by atoms with Crippen molar-refractivity contribution >= 4 is 21.8 Å². The van der Waals surface area contributed by atoms with Crippen molar-refractivity contribution < 1.29 is 9.32 Å². The highest BCUT2D eigenvalue weighted by Crippen LogP contribution is 2.19. The van der Waals surface area contributed by atoms with Crippen LogP contribution < -0.4 is 5.32 Å². The molecule has 5 nitrogen and oxygen atoms in total. The molecule has 2 aromatic heterocycles. The fourth-order valence-corrected chi connectivity index (χ4v) is 2.25. The van der Waals surface area contributed by atoms with Gasteiger partial charge in [-0.15, -0.1) is 0 Å². The molecule has 0 fully saturated rings. The molecule has 0 spiro atoms. The number of hydrogen-bond acceptors (Lipinski definition) is 3. The fraction of sp³-hybridized carbons (Fsp3) is 0.385. The van der Waals surface area contributed by atoms with E-state index in [1.807, 2.05) is 37.6 Å². The largest absolute Gasteiger partial charge is 0.361 e. The molecule has 1 amide bonds. The normalized spacial score (nSPS) is 11.0. The molecule has 102 valence electrons. The van der Waals surface area contributed by atoms with Crippen LogP contribution >= 0.6 is 15.9 Å². The summed E-state index contributed by atoms with van der Waals surface area (Å²) in [6.45, 7) is 6.24. The van der Waals surface area contributed by atoms with Crippen LogP contribution in [0.25, 0.3) is 0 Å². The number of nitrogens with zero attached hydrogens (tertiary/aromatic N) is 2. The number of amides is 1. The van der Waals surface area contributed by atoms with Crippen molar-refractivity contribution in [2.45, 2.75) is 33.4 Å². The summed E-state index contributed by atoms with van der Waals surface area (Å²) in [5.41, 5.74) is 1.34. The summed E-state index contributed by atoms with van der Waals surface area (Å²) < 4.78 is 7.77. The Morgan fingerprint density at radius 1 is 1.53 bits per heavy atom. The van der Waals surface area contributed by atoms with E-state index in [0.717, 1.165) is 10.2 Å². The maximum atomic E-state index is 12.2. The monoisotopic (exact) mass is 325 g/mol. The summed E-state index contributed by atoms with van der Waals surface area (Å²) in [7, 11) is 0. The first-order valence-electron chi connectivity index (χ1n) is 6.05. The summed E-state index contributed by atoms with van der Waals surface area (Å²) in [6.07, 6.45) is 1.90. The molecule has 0 bridgehead atoms. The molecule has 2 rings (SSSR count). The minimum atomic E-state index is -0.125. The van der Waals surface area contributed by atoms with Crippen molar-refractivity contribution in [3.05, 3.63) is 40.0 Å². The van der Waals surface area contributed by atoms with Crippen LogP contribution in [0, 0.1) is 6.92 Å². The highest BCUT2D eigenvalue weighted by Gasteiger charge is 2.15. The lowest BCUT2D eigenvalue weighted by Gasteiger charge is -2.12. The molecule has 0 aliphatic carbocycles. The van der Waals surface area contributed by atoms with Crippen molar-refractivity contribution in [2.24, 2.45) is 0 Å². The summed E-state index contributed by atoms with van der Waals surface area (Å²) in [5.74, 6) is 0.609. The molecule has 0 radical (unpaired) electrons. The van der Waals surface area contributed by atoms with E-state index in [2.05, 4.69) is 26.4 Å². The Bertz CT molecular complexity index is 586. The molecule has 2 aromatic rings. The maximum Gasteiger partial charge on any atom is 0.268 e. The number of aromatic nitrogens is 2. The molecule has 0 aliphatic heterocycles. The van der Waals surface area contributed by atoms with Gasteiger partial charge in [0.15, 0.2) is 0 Å². The predicted molar refractivity (Wildman–Crippen MR) is 74.9 cm³/mol. The van der Waals surface area contributed by atoms with Gasteiger partial charge in [-0.05, 0) is 42.8 Å². The predicted octanol–water partition coefficient (Wildman–Crippen LogP) is 3.06. The number of halogens is 1. The van der Waals surface area contributed by atoms with Crippen LogP contribution in [0.4, 0.5) is 0 Å². The lowest BCUT2D eigenvalue weighted by Crippen LogP contribution is -2.25. The number of hydrogen-bond donors (Lipinski definition) is 1. The van der Waals surface area contributed by atoms with Gasteiger partial charge in [0.25, 0.3) is 5.91 Å². The SMILES string of the molecule is Cc1cc(CNC(=O)c2cc(Br)cn2C(C)C)no1.